The molecule has 0 unspecified atom stereocenters. The molecule has 1 aromatic rings. The highest BCUT2D eigenvalue weighted by Gasteiger charge is 2.20. The van der Waals surface area contributed by atoms with Gasteiger partial charge in [-0.15, -0.1) is 0 Å². The fourth-order valence-corrected chi connectivity index (χ4v) is 1.64. The molecule has 0 atom stereocenters. The number of alkyl halides is 2. The van der Waals surface area contributed by atoms with Gasteiger partial charge in [0.05, 0.1) is 11.3 Å². The van der Waals surface area contributed by atoms with E-state index in [-0.39, 0.29) is 23.4 Å². The Bertz CT molecular complexity index is 357. The lowest BCUT2D eigenvalue weighted by molar-refractivity contribution is 0.110. The summed E-state index contributed by atoms with van der Waals surface area (Å²) in [5, 5.41) is 0. The van der Waals surface area contributed by atoms with E-state index in [1.807, 2.05) is 0 Å². The van der Waals surface area contributed by atoms with Gasteiger partial charge in [-0.3, -0.25) is 9.78 Å². The van der Waals surface area contributed by atoms with Gasteiger partial charge in [-0.1, -0.05) is 0 Å². The topological polar surface area (TPSA) is 56.0 Å². The van der Waals surface area contributed by atoms with E-state index in [0.717, 1.165) is 0 Å². The zero-order valence-electron chi connectivity index (χ0n) is 7.01. The zero-order valence-corrected chi connectivity index (χ0v) is 9.16. The van der Waals surface area contributed by atoms with Gasteiger partial charge in [0.2, 0.25) is 0 Å². The molecule has 0 spiro atoms. The molecule has 0 aliphatic rings. The van der Waals surface area contributed by atoms with Crippen molar-refractivity contribution in [3.05, 3.63) is 26.6 Å². The normalized spacial score (nSPS) is 10.6. The predicted molar refractivity (Wildman–Crippen MR) is 55.2 cm³/mol. The smallest absolute Gasteiger partial charge is 0.266 e. The summed E-state index contributed by atoms with van der Waals surface area (Å²) in [7, 11) is 0. The molecule has 1 rings (SSSR count). The standard InChI is InChI=1S/C8H7F2IN2O/c9-8(10)7-4(3-14)5(11)2-13-6(7)1-12/h2-3,8H,1,12H2. The van der Waals surface area contributed by atoms with Crippen LogP contribution in [0.4, 0.5) is 8.78 Å². The van der Waals surface area contributed by atoms with Crippen molar-refractivity contribution < 1.29 is 13.6 Å². The summed E-state index contributed by atoms with van der Waals surface area (Å²) in [5.74, 6) is 0. The summed E-state index contributed by atoms with van der Waals surface area (Å²) in [6.45, 7) is -0.0998. The average molecular weight is 312 g/mol. The van der Waals surface area contributed by atoms with Gasteiger partial charge < -0.3 is 5.73 Å². The quantitative estimate of drug-likeness (QED) is 0.685. The van der Waals surface area contributed by atoms with E-state index in [1.165, 1.54) is 6.20 Å². The van der Waals surface area contributed by atoms with Crippen molar-refractivity contribution in [2.45, 2.75) is 13.0 Å². The van der Waals surface area contributed by atoms with Crippen molar-refractivity contribution >= 4 is 28.9 Å². The van der Waals surface area contributed by atoms with E-state index in [0.29, 0.717) is 9.86 Å². The molecular formula is C8H7F2IN2O. The molecule has 0 bridgehead atoms. The minimum absolute atomic E-state index is 0.0175. The Labute approximate surface area is 92.8 Å². The fraction of sp³-hybridized carbons (Fsp3) is 0.250. The molecule has 0 radical (unpaired) electrons. The molecule has 2 N–H and O–H groups in total. The molecular weight excluding hydrogens is 305 g/mol. The third-order valence-electron chi connectivity index (χ3n) is 1.72. The van der Waals surface area contributed by atoms with Gasteiger partial charge in [0.15, 0.2) is 6.29 Å². The Morgan fingerprint density at radius 2 is 2.29 bits per heavy atom. The second-order valence-corrected chi connectivity index (χ2v) is 3.67. The van der Waals surface area contributed by atoms with E-state index in [9.17, 15) is 13.6 Å². The molecule has 0 saturated carbocycles. The summed E-state index contributed by atoms with van der Waals surface area (Å²) in [4.78, 5) is 14.4. The SMILES string of the molecule is NCc1ncc(I)c(C=O)c1C(F)F. The third kappa shape index (κ3) is 2.06. The average Bonchev–Trinajstić information content (AvgIpc) is 2.17. The summed E-state index contributed by atoms with van der Waals surface area (Å²) < 4.78 is 25.6. The number of halogens is 3. The Balaban J connectivity index is 3.43. The van der Waals surface area contributed by atoms with Crippen LogP contribution in [0, 0.1) is 3.57 Å². The molecule has 0 aliphatic carbocycles. The lowest BCUT2D eigenvalue weighted by Gasteiger charge is -2.09. The number of aromatic nitrogens is 1. The minimum atomic E-state index is -2.73. The van der Waals surface area contributed by atoms with Crippen molar-refractivity contribution in [2.75, 3.05) is 0 Å². The molecule has 1 heterocycles. The Hall–Kier alpha value is -0.630. The predicted octanol–water partition coefficient (Wildman–Crippen LogP) is 1.90. The summed E-state index contributed by atoms with van der Waals surface area (Å²) in [6, 6.07) is 0. The summed E-state index contributed by atoms with van der Waals surface area (Å²) in [5.41, 5.74) is 4.95. The number of carbonyl (C=O) groups is 1. The molecule has 1 aromatic heterocycles. The van der Waals surface area contributed by atoms with Crippen LogP contribution in [0.3, 0.4) is 0 Å². The van der Waals surface area contributed by atoms with Crippen LogP contribution in [0.2, 0.25) is 0 Å². The van der Waals surface area contributed by atoms with Gasteiger partial charge in [-0.05, 0) is 22.6 Å². The molecule has 0 aliphatic heterocycles. The largest absolute Gasteiger partial charge is 0.325 e. The monoisotopic (exact) mass is 312 g/mol. The van der Waals surface area contributed by atoms with Crippen LogP contribution in [-0.2, 0) is 6.54 Å². The molecule has 0 saturated heterocycles. The van der Waals surface area contributed by atoms with Crippen LogP contribution >= 0.6 is 22.6 Å². The zero-order chi connectivity index (χ0) is 10.7. The number of nitrogens with zero attached hydrogens (tertiary/aromatic N) is 1. The molecule has 6 heteroatoms. The summed E-state index contributed by atoms with van der Waals surface area (Å²) >= 11 is 1.78. The number of nitrogens with two attached hydrogens (primary N) is 1. The molecule has 0 aromatic carbocycles. The number of rotatable bonds is 3. The van der Waals surface area contributed by atoms with Gasteiger partial charge in [-0.25, -0.2) is 8.78 Å². The molecule has 3 nitrogen and oxygen atoms in total. The minimum Gasteiger partial charge on any atom is -0.325 e. The van der Waals surface area contributed by atoms with Crippen LogP contribution in [-0.4, -0.2) is 11.3 Å². The fourth-order valence-electron chi connectivity index (χ4n) is 1.08. The lowest BCUT2D eigenvalue weighted by Crippen LogP contribution is -2.09. The van der Waals surface area contributed by atoms with Crippen LogP contribution in [0.5, 0.6) is 0 Å². The highest BCUT2D eigenvalue weighted by molar-refractivity contribution is 14.1. The number of carbonyl (C=O) groups excluding carboxylic acids is 1. The molecule has 0 fully saturated rings. The van der Waals surface area contributed by atoms with E-state index < -0.39 is 6.43 Å². The summed E-state index contributed by atoms with van der Waals surface area (Å²) in [6.07, 6.45) is -0.960. The maximum absolute atomic E-state index is 12.6. The number of aldehydes is 1. The number of pyridine rings is 1. The van der Waals surface area contributed by atoms with Crippen LogP contribution < -0.4 is 5.73 Å². The van der Waals surface area contributed by atoms with Crippen molar-refractivity contribution in [1.82, 2.24) is 4.98 Å². The van der Waals surface area contributed by atoms with Crippen LogP contribution in [0.25, 0.3) is 0 Å². The first-order valence-corrected chi connectivity index (χ1v) is 4.80. The highest BCUT2D eigenvalue weighted by atomic mass is 127. The van der Waals surface area contributed by atoms with Crippen molar-refractivity contribution in [3.63, 3.8) is 0 Å². The first-order valence-electron chi connectivity index (χ1n) is 3.72. The van der Waals surface area contributed by atoms with E-state index in [2.05, 4.69) is 4.98 Å². The lowest BCUT2D eigenvalue weighted by atomic mass is 10.1. The van der Waals surface area contributed by atoms with E-state index in [1.54, 1.807) is 22.6 Å². The van der Waals surface area contributed by atoms with Gasteiger partial charge in [0, 0.05) is 21.9 Å². The Morgan fingerprint density at radius 1 is 1.64 bits per heavy atom. The van der Waals surface area contributed by atoms with Gasteiger partial charge in [0.1, 0.15) is 0 Å². The van der Waals surface area contributed by atoms with Gasteiger partial charge in [-0.2, -0.15) is 0 Å². The number of hydrogen-bond acceptors (Lipinski definition) is 3. The number of hydrogen-bond donors (Lipinski definition) is 1. The Morgan fingerprint density at radius 3 is 2.71 bits per heavy atom. The van der Waals surface area contributed by atoms with Crippen LogP contribution in [0.1, 0.15) is 28.0 Å². The van der Waals surface area contributed by atoms with Crippen molar-refractivity contribution in [1.29, 1.82) is 0 Å². The second-order valence-electron chi connectivity index (χ2n) is 2.50. The molecule has 76 valence electrons. The first kappa shape index (κ1) is 11.4. The molecule has 0 amide bonds. The van der Waals surface area contributed by atoms with E-state index in [4.69, 9.17) is 5.73 Å². The Kier molecular flexibility index (Phi) is 3.87. The van der Waals surface area contributed by atoms with Crippen molar-refractivity contribution in [3.8, 4) is 0 Å². The van der Waals surface area contributed by atoms with Crippen LogP contribution in [0.15, 0.2) is 6.20 Å². The van der Waals surface area contributed by atoms with Gasteiger partial charge >= 0.3 is 0 Å². The maximum atomic E-state index is 12.6. The third-order valence-corrected chi connectivity index (χ3v) is 2.58. The molecule has 14 heavy (non-hydrogen) atoms. The van der Waals surface area contributed by atoms with Gasteiger partial charge in [0.25, 0.3) is 6.43 Å². The second kappa shape index (κ2) is 4.74. The maximum Gasteiger partial charge on any atom is 0.266 e. The highest BCUT2D eigenvalue weighted by Crippen LogP contribution is 2.27. The first-order chi connectivity index (χ1) is 6.61. The van der Waals surface area contributed by atoms with E-state index >= 15 is 0 Å². The van der Waals surface area contributed by atoms with Crippen molar-refractivity contribution in [2.24, 2.45) is 5.73 Å².